The van der Waals surface area contributed by atoms with Crippen LogP contribution in [0.25, 0.3) is 0 Å². The molecule has 0 amide bonds. The molecule has 0 atom stereocenters. The van der Waals surface area contributed by atoms with Gasteiger partial charge in [0.05, 0.1) is 0 Å². The Morgan fingerprint density at radius 2 is 1.69 bits per heavy atom. The maximum absolute atomic E-state index is 5.92. The van der Waals surface area contributed by atoms with E-state index >= 15 is 0 Å². The zero-order chi connectivity index (χ0) is 11.6. The van der Waals surface area contributed by atoms with Crippen LogP contribution in [0.2, 0.25) is 12.1 Å². The second-order valence-corrected chi connectivity index (χ2v) is 7.46. The number of benzene rings is 1. The smallest absolute Gasteiger partial charge is 0.176 e. The topological polar surface area (TPSA) is 9.23 Å². The molecule has 0 N–H and O–H groups in total. The molecule has 0 unspecified atom stereocenters. The molecule has 16 heavy (non-hydrogen) atoms. The van der Waals surface area contributed by atoms with E-state index in [1.165, 1.54) is 36.9 Å². The van der Waals surface area contributed by atoms with Crippen molar-refractivity contribution in [2.24, 2.45) is 0 Å². The first kappa shape index (κ1) is 13.5. The average molecular weight is 236 g/mol. The molecule has 90 valence electrons. The minimum Gasteiger partial charge on any atom is -0.420 e. The van der Waals surface area contributed by atoms with E-state index in [4.69, 9.17) is 4.43 Å². The standard InChI is InChI=1S/C14H24OSi/c1-3-16(4-2)15-13-9-8-12-14-10-6-5-7-11-14/h5-7,10-11,16H,3-4,8-9,12-13H2,1-2H3. The Bertz CT molecular complexity index is 257. The summed E-state index contributed by atoms with van der Waals surface area (Å²) in [7, 11) is -0.809. The summed E-state index contributed by atoms with van der Waals surface area (Å²) in [6, 6.07) is 13.3. The Kier molecular flexibility index (Phi) is 7.18. The van der Waals surface area contributed by atoms with Gasteiger partial charge < -0.3 is 4.43 Å². The molecule has 1 rings (SSSR count). The van der Waals surface area contributed by atoms with Gasteiger partial charge in [-0.1, -0.05) is 44.2 Å². The van der Waals surface area contributed by atoms with Crippen LogP contribution in [0.1, 0.15) is 32.3 Å². The third-order valence-corrected chi connectivity index (χ3v) is 5.50. The molecular formula is C14H24OSi. The zero-order valence-electron chi connectivity index (χ0n) is 10.6. The van der Waals surface area contributed by atoms with E-state index in [0.29, 0.717) is 0 Å². The van der Waals surface area contributed by atoms with Crippen LogP contribution in [0.3, 0.4) is 0 Å². The van der Waals surface area contributed by atoms with Gasteiger partial charge in [0, 0.05) is 6.61 Å². The van der Waals surface area contributed by atoms with Gasteiger partial charge in [-0.25, -0.2) is 0 Å². The van der Waals surface area contributed by atoms with Gasteiger partial charge >= 0.3 is 0 Å². The summed E-state index contributed by atoms with van der Waals surface area (Å²) in [6.07, 6.45) is 3.64. The SMILES string of the molecule is CC[SiH](CC)OCCCCc1ccccc1. The molecular weight excluding hydrogens is 212 g/mol. The molecule has 1 aromatic carbocycles. The Hall–Kier alpha value is -0.603. The van der Waals surface area contributed by atoms with Crippen LogP contribution in [-0.4, -0.2) is 15.6 Å². The molecule has 1 aromatic rings. The number of aryl methyl sites for hydroxylation is 1. The third-order valence-electron chi connectivity index (χ3n) is 2.97. The fourth-order valence-electron chi connectivity index (χ4n) is 1.85. The molecule has 0 saturated carbocycles. The van der Waals surface area contributed by atoms with E-state index in [1.807, 2.05) is 0 Å². The van der Waals surface area contributed by atoms with Crippen LogP contribution in [0.15, 0.2) is 30.3 Å². The fraction of sp³-hybridized carbons (Fsp3) is 0.571. The van der Waals surface area contributed by atoms with Crippen molar-refractivity contribution in [3.8, 4) is 0 Å². The molecule has 1 nitrogen and oxygen atoms in total. The zero-order valence-corrected chi connectivity index (χ0v) is 11.8. The summed E-state index contributed by atoms with van der Waals surface area (Å²) in [5.41, 5.74) is 1.45. The van der Waals surface area contributed by atoms with Crippen LogP contribution >= 0.6 is 0 Å². The Morgan fingerprint density at radius 1 is 1.00 bits per heavy atom. The van der Waals surface area contributed by atoms with Gasteiger partial charge in [0.15, 0.2) is 9.04 Å². The molecule has 0 bridgehead atoms. The predicted molar refractivity (Wildman–Crippen MR) is 73.4 cm³/mol. The number of hydrogen-bond acceptors (Lipinski definition) is 1. The maximum atomic E-state index is 5.92. The van der Waals surface area contributed by atoms with Gasteiger partial charge in [-0.3, -0.25) is 0 Å². The highest BCUT2D eigenvalue weighted by molar-refractivity contribution is 6.51. The van der Waals surface area contributed by atoms with E-state index in [9.17, 15) is 0 Å². The van der Waals surface area contributed by atoms with Crippen LogP contribution in [0.4, 0.5) is 0 Å². The van der Waals surface area contributed by atoms with Gasteiger partial charge in [-0.05, 0) is 36.9 Å². The minimum absolute atomic E-state index is 0.809. The first-order valence-corrected chi connectivity index (χ1v) is 8.62. The molecule has 0 aliphatic carbocycles. The van der Waals surface area contributed by atoms with E-state index in [1.54, 1.807) is 0 Å². The quantitative estimate of drug-likeness (QED) is 0.493. The lowest BCUT2D eigenvalue weighted by Gasteiger charge is -2.11. The molecule has 0 aromatic heterocycles. The van der Waals surface area contributed by atoms with Crippen molar-refractivity contribution in [2.45, 2.75) is 45.2 Å². The second-order valence-electron chi connectivity index (χ2n) is 4.25. The molecule has 0 aliphatic rings. The average Bonchev–Trinajstić information content (AvgIpc) is 2.35. The molecule has 0 heterocycles. The van der Waals surface area contributed by atoms with E-state index in [2.05, 4.69) is 44.2 Å². The van der Waals surface area contributed by atoms with E-state index in [-0.39, 0.29) is 0 Å². The first-order valence-electron chi connectivity index (χ1n) is 6.52. The van der Waals surface area contributed by atoms with Crippen molar-refractivity contribution in [1.29, 1.82) is 0 Å². The van der Waals surface area contributed by atoms with Gasteiger partial charge in [0.25, 0.3) is 0 Å². The molecule has 0 radical (unpaired) electrons. The summed E-state index contributed by atoms with van der Waals surface area (Å²) in [6.45, 7) is 5.49. The van der Waals surface area contributed by atoms with Crippen molar-refractivity contribution in [1.82, 2.24) is 0 Å². The van der Waals surface area contributed by atoms with Crippen molar-refractivity contribution in [3.05, 3.63) is 35.9 Å². The van der Waals surface area contributed by atoms with E-state index < -0.39 is 9.04 Å². The van der Waals surface area contributed by atoms with Gasteiger partial charge in [-0.2, -0.15) is 0 Å². The van der Waals surface area contributed by atoms with Crippen molar-refractivity contribution < 1.29 is 4.43 Å². The number of hydrogen-bond donors (Lipinski definition) is 0. The second kappa shape index (κ2) is 8.54. The monoisotopic (exact) mass is 236 g/mol. The van der Waals surface area contributed by atoms with Crippen LogP contribution in [-0.2, 0) is 10.8 Å². The molecule has 0 spiro atoms. The number of unbranched alkanes of at least 4 members (excludes halogenated alkanes) is 1. The first-order chi connectivity index (χ1) is 7.86. The number of rotatable bonds is 8. The van der Waals surface area contributed by atoms with Crippen LogP contribution in [0, 0.1) is 0 Å². The summed E-state index contributed by atoms with van der Waals surface area (Å²) >= 11 is 0. The Balaban J connectivity index is 2.04. The highest BCUT2D eigenvalue weighted by Crippen LogP contribution is 2.06. The van der Waals surface area contributed by atoms with Gasteiger partial charge in [-0.15, -0.1) is 0 Å². The minimum atomic E-state index is -0.809. The van der Waals surface area contributed by atoms with Gasteiger partial charge in [0.2, 0.25) is 0 Å². The van der Waals surface area contributed by atoms with Crippen LogP contribution in [0.5, 0.6) is 0 Å². The highest BCUT2D eigenvalue weighted by Gasteiger charge is 2.04. The molecule has 0 aliphatic heterocycles. The Labute approximate surface area is 102 Å². The lowest BCUT2D eigenvalue weighted by Crippen LogP contribution is -2.15. The lowest BCUT2D eigenvalue weighted by molar-refractivity contribution is 0.308. The van der Waals surface area contributed by atoms with E-state index in [0.717, 1.165) is 6.61 Å². The fourth-order valence-corrected chi connectivity index (χ4v) is 3.40. The summed E-state index contributed by atoms with van der Waals surface area (Å²) < 4.78 is 5.92. The van der Waals surface area contributed by atoms with Crippen molar-refractivity contribution in [3.63, 3.8) is 0 Å². The largest absolute Gasteiger partial charge is 0.420 e. The predicted octanol–water partition coefficient (Wildman–Crippen LogP) is 3.79. The Morgan fingerprint density at radius 3 is 2.31 bits per heavy atom. The molecule has 0 saturated heterocycles. The summed E-state index contributed by atoms with van der Waals surface area (Å²) in [5.74, 6) is 0. The molecule has 0 fully saturated rings. The maximum Gasteiger partial charge on any atom is 0.176 e. The third kappa shape index (κ3) is 5.47. The van der Waals surface area contributed by atoms with Crippen LogP contribution < -0.4 is 0 Å². The lowest BCUT2D eigenvalue weighted by atomic mass is 10.1. The van der Waals surface area contributed by atoms with Crippen molar-refractivity contribution >= 4 is 9.04 Å². The summed E-state index contributed by atoms with van der Waals surface area (Å²) in [5, 5.41) is 0. The highest BCUT2D eigenvalue weighted by atomic mass is 28.3. The normalized spacial score (nSPS) is 10.9. The molecule has 2 heteroatoms. The van der Waals surface area contributed by atoms with Crippen molar-refractivity contribution in [2.75, 3.05) is 6.61 Å². The van der Waals surface area contributed by atoms with Gasteiger partial charge in [0.1, 0.15) is 0 Å². The summed E-state index contributed by atoms with van der Waals surface area (Å²) in [4.78, 5) is 0.